The van der Waals surface area contributed by atoms with E-state index in [0.717, 1.165) is 5.57 Å². The minimum atomic E-state index is -2.98. The number of allylic oxidation sites excluding steroid dienone is 2. The molecule has 1 aromatic carbocycles. The van der Waals surface area contributed by atoms with Crippen molar-refractivity contribution in [3.8, 4) is 5.75 Å². The summed E-state index contributed by atoms with van der Waals surface area (Å²) in [5, 5.41) is 0. The molecule has 1 atom stereocenters. The molecule has 2 rings (SSSR count). The number of hydrogen-bond acceptors (Lipinski definition) is 3. The van der Waals surface area contributed by atoms with Gasteiger partial charge in [0.05, 0.1) is 6.16 Å². The molecule has 1 heterocycles. The highest BCUT2D eigenvalue weighted by Crippen LogP contribution is 2.56. The third-order valence-corrected chi connectivity index (χ3v) is 4.20. The van der Waals surface area contributed by atoms with Gasteiger partial charge in [-0.15, -0.1) is 0 Å². The fraction of sp³-hybridized carbons (Fsp3) is 0.273. The van der Waals surface area contributed by atoms with Crippen molar-refractivity contribution >= 4 is 7.60 Å². The van der Waals surface area contributed by atoms with Crippen molar-refractivity contribution in [2.75, 3.05) is 6.16 Å². The fourth-order valence-corrected chi connectivity index (χ4v) is 3.40. The molecule has 0 fully saturated rings. The van der Waals surface area contributed by atoms with Crippen LogP contribution in [0.3, 0.4) is 0 Å². The second kappa shape index (κ2) is 3.74. The maximum absolute atomic E-state index is 12.1. The predicted octanol–water partition coefficient (Wildman–Crippen LogP) is 3.58. The summed E-state index contributed by atoms with van der Waals surface area (Å²) in [6.07, 6.45) is 0.383. The highest BCUT2D eigenvalue weighted by Gasteiger charge is 2.35. The smallest absolute Gasteiger partial charge is 0.421 e. The van der Waals surface area contributed by atoms with Crippen molar-refractivity contribution in [3.05, 3.63) is 41.7 Å². The van der Waals surface area contributed by atoms with Gasteiger partial charge >= 0.3 is 7.60 Å². The van der Waals surface area contributed by atoms with Crippen LogP contribution in [0.4, 0.5) is 0 Å². The fourth-order valence-electron chi connectivity index (χ4n) is 1.41. The summed E-state index contributed by atoms with van der Waals surface area (Å²) in [6.45, 7) is 3.71. The minimum absolute atomic E-state index is 0.383. The second-order valence-electron chi connectivity index (χ2n) is 3.60. The molecule has 0 saturated carbocycles. The number of para-hydroxylation sites is 1. The van der Waals surface area contributed by atoms with Crippen molar-refractivity contribution in [3.63, 3.8) is 0 Å². The average molecular weight is 224 g/mol. The lowest BCUT2D eigenvalue weighted by Gasteiger charge is -2.13. The summed E-state index contributed by atoms with van der Waals surface area (Å²) >= 11 is 0. The average Bonchev–Trinajstić information content (AvgIpc) is 2.42. The molecular weight excluding hydrogens is 211 g/mol. The lowest BCUT2D eigenvalue weighted by Crippen LogP contribution is -1.94. The second-order valence-corrected chi connectivity index (χ2v) is 5.50. The highest BCUT2D eigenvalue weighted by molar-refractivity contribution is 7.55. The van der Waals surface area contributed by atoms with Crippen LogP contribution in [0.15, 0.2) is 41.7 Å². The van der Waals surface area contributed by atoms with Crippen molar-refractivity contribution in [1.29, 1.82) is 0 Å². The SMILES string of the molecule is CC1=C(C)OP(=O)(Oc2ccccc2)C1. The van der Waals surface area contributed by atoms with Gasteiger partial charge in [-0.2, -0.15) is 0 Å². The first kappa shape index (κ1) is 10.3. The number of rotatable bonds is 2. The minimum Gasteiger partial charge on any atom is -0.421 e. The summed E-state index contributed by atoms with van der Waals surface area (Å²) < 4.78 is 22.8. The molecule has 0 saturated heterocycles. The van der Waals surface area contributed by atoms with E-state index in [0.29, 0.717) is 17.7 Å². The monoisotopic (exact) mass is 224 g/mol. The maximum Gasteiger partial charge on any atom is 0.434 e. The third kappa shape index (κ3) is 2.24. The van der Waals surface area contributed by atoms with Crippen molar-refractivity contribution < 1.29 is 13.6 Å². The Balaban J connectivity index is 2.12. The molecule has 1 aliphatic rings. The van der Waals surface area contributed by atoms with Gasteiger partial charge < -0.3 is 9.05 Å². The molecule has 0 aliphatic carbocycles. The van der Waals surface area contributed by atoms with Crippen LogP contribution in [0.1, 0.15) is 13.8 Å². The zero-order valence-electron chi connectivity index (χ0n) is 8.77. The first-order valence-electron chi connectivity index (χ1n) is 4.79. The Hall–Kier alpha value is -1.21. The van der Waals surface area contributed by atoms with E-state index in [1.165, 1.54) is 0 Å². The van der Waals surface area contributed by atoms with Gasteiger partial charge in [0.15, 0.2) is 0 Å². The summed E-state index contributed by atoms with van der Waals surface area (Å²) in [4.78, 5) is 0. The van der Waals surface area contributed by atoms with Crippen LogP contribution < -0.4 is 4.52 Å². The molecule has 3 nitrogen and oxygen atoms in total. The molecule has 15 heavy (non-hydrogen) atoms. The summed E-state index contributed by atoms with van der Waals surface area (Å²) in [5.74, 6) is 1.30. The zero-order chi connectivity index (χ0) is 10.9. The van der Waals surface area contributed by atoms with Gasteiger partial charge in [-0.25, -0.2) is 4.57 Å². The highest BCUT2D eigenvalue weighted by atomic mass is 31.2. The molecule has 0 amide bonds. The first-order chi connectivity index (χ1) is 7.09. The molecule has 1 aliphatic heterocycles. The van der Waals surface area contributed by atoms with Crippen molar-refractivity contribution in [2.45, 2.75) is 13.8 Å². The van der Waals surface area contributed by atoms with Gasteiger partial charge in [0.1, 0.15) is 11.5 Å². The molecule has 0 N–H and O–H groups in total. The van der Waals surface area contributed by atoms with Crippen LogP contribution in [0.25, 0.3) is 0 Å². The molecule has 0 spiro atoms. The quantitative estimate of drug-likeness (QED) is 0.720. The summed E-state index contributed by atoms with van der Waals surface area (Å²) in [7, 11) is -2.98. The Morgan fingerprint density at radius 1 is 1.27 bits per heavy atom. The molecule has 0 aromatic heterocycles. The van der Waals surface area contributed by atoms with E-state index in [1.54, 1.807) is 12.1 Å². The molecule has 80 valence electrons. The first-order valence-corrected chi connectivity index (χ1v) is 6.51. The van der Waals surface area contributed by atoms with Crippen LogP contribution in [0, 0.1) is 0 Å². The topological polar surface area (TPSA) is 35.5 Å². The number of hydrogen-bond donors (Lipinski definition) is 0. The van der Waals surface area contributed by atoms with Gasteiger partial charge in [-0.3, -0.25) is 0 Å². The van der Waals surface area contributed by atoms with Crippen LogP contribution in [0.2, 0.25) is 0 Å². The molecule has 0 radical (unpaired) electrons. The van der Waals surface area contributed by atoms with E-state index in [1.807, 2.05) is 32.0 Å². The van der Waals surface area contributed by atoms with E-state index in [-0.39, 0.29) is 0 Å². The summed E-state index contributed by atoms with van der Waals surface area (Å²) in [5.41, 5.74) is 0.995. The Labute approximate surface area is 89.3 Å². The van der Waals surface area contributed by atoms with Crippen LogP contribution >= 0.6 is 7.60 Å². The van der Waals surface area contributed by atoms with Gasteiger partial charge in [0.2, 0.25) is 0 Å². The lowest BCUT2D eigenvalue weighted by molar-refractivity contribution is 0.345. The van der Waals surface area contributed by atoms with Gasteiger partial charge in [0.25, 0.3) is 0 Å². The largest absolute Gasteiger partial charge is 0.434 e. The standard InChI is InChI=1S/C11H13O3P/c1-9-8-15(12,13-10(9)2)14-11-6-4-3-5-7-11/h3-7H,8H2,1-2H3. The molecular formula is C11H13O3P. The van der Waals surface area contributed by atoms with E-state index in [9.17, 15) is 4.57 Å². The third-order valence-electron chi connectivity index (χ3n) is 2.30. The molecule has 1 unspecified atom stereocenters. The Kier molecular flexibility index (Phi) is 2.57. The zero-order valence-corrected chi connectivity index (χ0v) is 9.66. The molecule has 0 bridgehead atoms. The van der Waals surface area contributed by atoms with Gasteiger partial charge in [0, 0.05) is 0 Å². The lowest BCUT2D eigenvalue weighted by atomic mass is 10.3. The van der Waals surface area contributed by atoms with Crippen LogP contribution in [-0.4, -0.2) is 6.16 Å². The van der Waals surface area contributed by atoms with Gasteiger partial charge in [-0.1, -0.05) is 18.2 Å². The van der Waals surface area contributed by atoms with Crippen molar-refractivity contribution in [1.82, 2.24) is 0 Å². The predicted molar refractivity (Wildman–Crippen MR) is 59.0 cm³/mol. The van der Waals surface area contributed by atoms with E-state index in [4.69, 9.17) is 9.05 Å². The van der Waals surface area contributed by atoms with Crippen molar-refractivity contribution in [2.24, 2.45) is 0 Å². The number of benzene rings is 1. The van der Waals surface area contributed by atoms with Crippen LogP contribution in [-0.2, 0) is 9.09 Å². The van der Waals surface area contributed by atoms with E-state index in [2.05, 4.69) is 0 Å². The van der Waals surface area contributed by atoms with Crippen LogP contribution in [0.5, 0.6) is 5.75 Å². The normalized spacial score (nSPS) is 25.2. The summed E-state index contributed by atoms with van der Waals surface area (Å²) in [6, 6.07) is 9.10. The van der Waals surface area contributed by atoms with E-state index >= 15 is 0 Å². The Bertz CT molecular complexity index is 418. The van der Waals surface area contributed by atoms with Gasteiger partial charge in [-0.05, 0) is 31.6 Å². The van der Waals surface area contributed by atoms with E-state index < -0.39 is 7.60 Å². The Morgan fingerprint density at radius 3 is 2.47 bits per heavy atom. The maximum atomic E-state index is 12.1. The molecule has 1 aromatic rings. The Morgan fingerprint density at radius 2 is 1.93 bits per heavy atom. The molecule has 4 heteroatoms.